The first-order valence-electron chi connectivity index (χ1n) is 7.69. The molecule has 23 heavy (non-hydrogen) atoms. The molecule has 0 aliphatic carbocycles. The first-order valence-corrected chi connectivity index (χ1v) is 7.69. The third-order valence-corrected chi connectivity index (χ3v) is 3.79. The van der Waals surface area contributed by atoms with Crippen molar-refractivity contribution in [1.29, 1.82) is 0 Å². The Morgan fingerprint density at radius 1 is 1.17 bits per heavy atom. The van der Waals surface area contributed by atoms with Gasteiger partial charge in [0, 0.05) is 6.20 Å². The lowest BCUT2D eigenvalue weighted by Crippen LogP contribution is -1.88. The van der Waals surface area contributed by atoms with Gasteiger partial charge in [-0.15, -0.1) is 10.2 Å². The fourth-order valence-electron chi connectivity index (χ4n) is 2.45. The molecule has 1 aromatic carbocycles. The van der Waals surface area contributed by atoms with E-state index in [2.05, 4.69) is 29.1 Å². The van der Waals surface area contributed by atoms with E-state index in [-0.39, 0.29) is 12.5 Å². The molecule has 0 saturated heterocycles. The zero-order valence-electron chi connectivity index (χ0n) is 13.6. The van der Waals surface area contributed by atoms with Gasteiger partial charge in [0.1, 0.15) is 5.65 Å². The average molecular weight is 308 g/mol. The zero-order valence-corrected chi connectivity index (χ0v) is 13.6. The Morgan fingerprint density at radius 3 is 2.65 bits per heavy atom. The monoisotopic (exact) mass is 308 g/mol. The second-order valence-electron chi connectivity index (χ2n) is 5.88. The number of aliphatic hydroxyl groups is 1. The summed E-state index contributed by atoms with van der Waals surface area (Å²) in [6.45, 7) is 6.18. The molecule has 0 saturated carbocycles. The van der Waals surface area contributed by atoms with Crippen molar-refractivity contribution < 1.29 is 5.11 Å². The van der Waals surface area contributed by atoms with Crippen molar-refractivity contribution >= 4 is 17.2 Å². The quantitative estimate of drug-likeness (QED) is 0.712. The van der Waals surface area contributed by atoms with Crippen LogP contribution in [0.5, 0.6) is 0 Å². The highest BCUT2D eigenvalue weighted by Crippen LogP contribution is 2.30. The molecule has 1 N–H and O–H groups in total. The molecule has 5 heteroatoms. The van der Waals surface area contributed by atoms with Crippen LogP contribution < -0.4 is 0 Å². The minimum atomic E-state index is 0.000430. The predicted molar refractivity (Wildman–Crippen MR) is 90.6 cm³/mol. The van der Waals surface area contributed by atoms with Gasteiger partial charge in [-0.25, -0.2) is 4.98 Å². The summed E-state index contributed by atoms with van der Waals surface area (Å²) in [5.74, 6) is 0.973. The molecule has 0 spiro atoms. The normalized spacial score (nSPS) is 11.9. The van der Waals surface area contributed by atoms with Crippen molar-refractivity contribution in [3.05, 3.63) is 59.4 Å². The van der Waals surface area contributed by atoms with Gasteiger partial charge in [-0.3, -0.25) is 4.40 Å². The Morgan fingerprint density at radius 2 is 1.96 bits per heavy atom. The van der Waals surface area contributed by atoms with Crippen molar-refractivity contribution in [2.75, 3.05) is 0 Å². The molecule has 0 amide bonds. The third kappa shape index (κ3) is 3.00. The zero-order chi connectivity index (χ0) is 16.4. The maximum absolute atomic E-state index is 9.29. The molecule has 2 heterocycles. The number of azo groups is 1. The second-order valence-corrected chi connectivity index (χ2v) is 5.88. The average Bonchev–Trinajstić information content (AvgIpc) is 2.92. The van der Waals surface area contributed by atoms with Crippen LogP contribution in [0.3, 0.4) is 0 Å². The number of benzene rings is 1. The van der Waals surface area contributed by atoms with Gasteiger partial charge in [-0.05, 0) is 42.2 Å². The number of aliphatic hydroxyl groups excluding tert-OH is 1. The van der Waals surface area contributed by atoms with Crippen molar-refractivity contribution in [3.63, 3.8) is 0 Å². The van der Waals surface area contributed by atoms with E-state index >= 15 is 0 Å². The molecule has 118 valence electrons. The highest BCUT2D eigenvalue weighted by molar-refractivity contribution is 5.55. The standard InChI is InChI=1S/C18H20N4O/c1-12(2)17-18(21-20-15-7-5-4-6-13(15)3)22-9-8-14(11-23)10-16(22)19-17/h4-10,12,23H,11H2,1-3H3. The second kappa shape index (κ2) is 6.30. The van der Waals surface area contributed by atoms with Gasteiger partial charge in [-0.2, -0.15) is 0 Å². The number of fused-ring (bicyclic) bond motifs is 1. The summed E-state index contributed by atoms with van der Waals surface area (Å²) in [5.41, 5.74) is 4.44. The lowest BCUT2D eigenvalue weighted by Gasteiger charge is -2.02. The molecule has 2 aromatic heterocycles. The molecule has 3 rings (SSSR count). The van der Waals surface area contributed by atoms with E-state index in [1.165, 1.54) is 0 Å². The highest BCUT2D eigenvalue weighted by atomic mass is 16.3. The van der Waals surface area contributed by atoms with E-state index in [0.29, 0.717) is 0 Å². The summed E-state index contributed by atoms with van der Waals surface area (Å²) in [5, 5.41) is 18.1. The summed E-state index contributed by atoms with van der Waals surface area (Å²) in [4.78, 5) is 4.65. The molecule has 5 nitrogen and oxygen atoms in total. The van der Waals surface area contributed by atoms with Crippen LogP contribution in [0.25, 0.3) is 5.65 Å². The number of imidazole rings is 1. The molecule has 0 bridgehead atoms. The van der Waals surface area contributed by atoms with Gasteiger partial charge in [0.15, 0.2) is 5.82 Å². The number of nitrogens with zero attached hydrogens (tertiary/aromatic N) is 4. The van der Waals surface area contributed by atoms with Gasteiger partial charge < -0.3 is 5.11 Å². The molecule has 0 atom stereocenters. The predicted octanol–water partition coefficient (Wildman–Crippen LogP) is 4.67. The fraction of sp³-hybridized carbons (Fsp3) is 0.278. The van der Waals surface area contributed by atoms with Gasteiger partial charge >= 0.3 is 0 Å². The van der Waals surface area contributed by atoms with Crippen LogP contribution in [-0.2, 0) is 6.61 Å². The lowest BCUT2D eigenvalue weighted by molar-refractivity contribution is 0.282. The van der Waals surface area contributed by atoms with Crippen LogP contribution >= 0.6 is 0 Å². The minimum absolute atomic E-state index is 0.000430. The Bertz CT molecular complexity index is 865. The number of aromatic nitrogens is 2. The molecule has 0 radical (unpaired) electrons. The van der Waals surface area contributed by atoms with Crippen molar-refractivity contribution in [3.8, 4) is 0 Å². The van der Waals surface area contributed by atoms with E-state index in [9.17, 15) is 5.11 Å². The Kier molecular flexibility index (Phi) is 4.21. The van der Waals surface area contributed by atoms with Crippen LogP contribution in [0.4, 0.5) is 11.5 Å². The summed E-state index contributed by atoms with van der Waals surface area (Å²) in [6.07, 6.45) is 1.88. The van der Waals surface area contributed by atoms with E-state index in [0.717, 1.165) is 34.0 Å². The van der Waals surface area contributed by atoms with Gasteiger partial charge in [0.2, 0.25) is 0 Å². The molecule has 3 aromatic rings. The lowest BCUT2D eigenvalue weighted by atomic mass is 10.1. The maximum Gasteiger partial charge on any atom is 0.183 e. The van der Waals surface area contributed by atoms with Crippen LogP contribution in [-0.4, -0.2) is 14.5 Å². The molecule has 0 unspecified atom stereocenters. The Labute approximate surface area is 135 Å². The number of hydrogen-bond acceptors (Lipinski definition) is 4. The van der Waals surface area contributed by atoms with Crippen molar-refractivity contribution in [2.24, 2.45) is 10.2 Å². The topological polar surface area (TPSA) is 62.2 Å². The molecular formula is C18H20N4O. The number of pyridine rings is 1. The van der Waals surface area contributed by atoms with E-state index in [1.807, 2.05) is 53.9 Å². The molecule has 0 aliphatic rings. The van der Waals surface area contributed by atoms with Crippen LogP contribution in [0.2, 0.25) is 0 Å². The van der Waals surface area contributed by atoms with Crippen molar-refractivity contribution in [1.82, 2.24) is 9.38 Å². The van der Waals surface area contributed by atoms with E-state index in [1.54, 1.807) is 0 Å². The largest absolute Gasteiger partial charge is 0.392 e. The fourth-order valence-corrected chi connectivity index (χ4v) is 2.45. The Balaban J connectivity index is 2.11. The smallest absolute Gasteiger partial charge is 0.183 e. The number of rotatable bonds is 4. The first kappa shape index (κ1) is 15.4. The van der Waals surface area contributed by atoms with Crippen LogP contribution in [0.1, 0.15) is 36.6 Å². The SMILES string of the molecule is Cc1ccccc1N=Nc1c(C(C)C)nc2cc(CO)ccn12. The summed E-state index contributed by atoms with van der Waals surface area (Å²) >= 11 is 0. The molecule has 0 aliphatic heterocycles. The summed E-state index contributed by atoms with van der Waals surface area (Å²) in [7, 11) is 0. The number of aryl methyl sites for hydroxylation is 1. The highest BCUT2D eigenvalue weighted by Gasteiger charge is 2.15. The van der Waals surface area contributed by atoms with Gasteiger partial charge in [-0.1, -0.05) is 32.0 Å². The molecule has 0 fully saturated rings. The van der Waals surface area contributed by atoms with Gasteiger partial charge in [0.25, 0.3) is 0 Å². The number of hydrogen-bond donors (Lipinski definition) is 1. The third-order valence-electron chi connectivity index (χ3n) is 3.79. The Hall–Kier alpha value is -2.53. The first-order chi connectivity index (χ1) is 11.1. The summed E-state index contributed by atoms with van der Waals surface area (Å²) in [6, 6.07) is 11.6. The minimum Gasteiger partial charge on any atom is -0.392 e. The van der Waals surface area contributed by atoms with Crippen LogP contribution in [0, 0.1) is 6.92 Å². The van der Waals surface area contributed by atoms with Crippen molar-refractivity contribution in [2.45, 2.75) is 33.3 Å². The van der Waals surface area contributed by atoms with E-state index < -0.39 is 0 Å². The molecular weight excluding hydrogens is 288 g/mol. The van der Waals surface area contributed by atoms with Crippen LogP contribution in [0.15, 0.2) is 52.8 Å². The van der Waals surface area contributed by atoms with Gasteiger partial charge in [0.05, 0.1) is 18.0 Å². The summed E-state index contributed by atoms with van der Waals surface area (Å²) < 4.78 is 1.91. The van der Waals surface area contributed by atoms with E-state index in [4.69, 9.17) is 0 Å². The maximum atomic E-state index is 9.29.